The van der Waals surface area contributed by atoms with E-state index in [9.17, 15) is 4.79 Å². The second-order valence-corrected chi connectivity index (χ2v) is 7.41. The largest absolute Gasteiger partial charge is 0.496 e. The molecule has 2 N–H and O–H groups in total. The van der Waals surface area contributed by atoms with Gasteiger partial charge in [-0.1, -0.05) is 13.8 Å². The van der Waals surface area contributed by atoms with Crippen LogP contribution in [0.1, 0.15) is 13.8 Å². The van der Waals surface area contributed by atoms with Crippen molar-refractivity contribution in [3.05, 3.63) is 40.9 Å². The number of anilines is 1. The number of thiocarbonyl (C=S) groups is 1. The molecule has 8 heteroatoms. The molecule has 0 bridgehead atoms. The van der Waals surface area contributed by atoms with Crippen LogP contribution in [0.15, 0.2) is 45.3 Å². The molecule has 0 fully saturated rings. The van der Waals surface area contributed by atoms with E-state index in [4.69, 9.17) is 21.4 Å². The number of carbonyl (C=O) groups is 1. The summed E-state index contributed by atoms with van der Waals surface area (Å²) in [6.45, 7) is 3.61. The van der Waals surface area contributed by atoms with E-state index in [1.54, 1.807) is 27.0 Å². The SMILES string of the molecule is COc1ccc(-c2nc3cc(NC(=S)NC(=O)C(C)C)ccc3o2)cc1Br. The van der Waals surface area contributed by atoms with E-state index in [2.05, 4.69) is 31.5 Å². The summed E-state index contributed by atoms with van der Waals surface area (Å²) >= 11 is 8.63. The van der Waals surface area contributed by atoms with E-state index in [0.717, 1.165) is 15.8 Å². The van der Waals surface area contributed by atoms with Crippen LogP contribution in [0.3, 0.4) is 0 Å². The topological polar surface area (TPSA) is 76.4 Å². The molecule has 6 nitrogen and oxygen atoms in total. The first kappa shape index (κ1) is 19.3. The van der Waals surface area contributed by atoms with E-state index in [0.29, 0.717) is 22.7 Å². The van der Waals surface area contributed by atoms with Gasteiger partial charge in [-0.15, -0.1) is 0 Å². The summed E-state index contributed by atoms with van der Waals surface area (Å²) in [5.74, 6) is 0.955. The van der Waals surface area contributed by atoms with Gasteiger partial charge in [-0.3, -0.25) is 4.79 Å². The van der Waals surface area contributed by atoms with E-state index < -0.39 is 0 Å². The third-order valence-electron chi connectivity index (χ3n) is 3.81. The Kier molecular flexibility index (Phi) is 5.76. The number of hydrogen-bond acceptors (Lipinski definition) is 5. The van der Waals surface area contributed by atoms with Gasteiger partial charge in [-0.2, -0.15) is 0 Å². The van der Waals surface area contributed by atoms with Crippen molar-refractivity contribution in [3.63, 3.8) is 0 Å². The van der Waals surface area contributed by atoms with Crippen molar-refractivity contribution in [3.8, 4) is 17.2 Å². The quantitative estimate of drug-likeness (QED) is 0.562. The summed E-state index contributed by atoms with van der Waals surface area (Å²) in [5.41, 5.74) is 2.87. The highest BCUT2D eigenvalue weighted by atomic mass is 79.9. The minimum absolute atomic E-state index is 0.137. The first-order valence-corrected chi connectivity index (χ1v) is 9.44. The van der Waals surface area contributed by atoms with Crippen LogP contribution in [0.4, 0.5) is 5.69 Å². The van der Waals surface area contributed by atoms with Crippen LogP contribution in [0.5, 0.6) is 5.75 Å². The highest BCUT2D eigenvalue weighted by Crippen LogP contribution is 2.32. The Morgan fingerprint density at radius 2 is 2.04 bits per heavy atom. The Bertz CT molecular complexity index is 1020. The molecule has 0 radical (unpaired) electrons. The fraction of sp³-hybridized carbons (Fsp3) is 0.211. The van der Waals surface area contributed by atoms with E-state index in [-0.39, 0.29) is 16.9 Å². The number of hydrogen-bond donors (Lipinski definition) is 2. The third-order valence-corrected chi connectivity index (χ3v) is 4.63. The number of aromatic nitrogens is 1. The van der Waals surface area contributed by atoms with E-state index in [1.165, 1.54) is 0 Å². The van der Waals surface area contributed by atoms with Crippen LogP contribution < -0.4 is 15.4 Å². The van der Waals surface area contributed by atoms with Crippen LogP contribution in [0.2, 0.25) is 0 Å². The van der Waals surface area contributed by atoms with Gasteiger partial charge in [0, 0.05) is 17.2 Å². The summed E-state index contributed by atoms with van der Waals surface area (Å²) < 4.78 is 11.9. The maximum Gasteiger partial charge on any atom is 0.228 e. The predicted octanol–water partition coefficient (Wildman–Crippen LogP) is 4.73. The molecule has 2 aromatic carbocycles. The fourth-order valence-electron chi connectivity index (χ4n) is 2.35. The zero-order valence-corrected chi connectivity index (χ0v) is 17.4. The molecule has 0 aliphatic heterocycles. The molecule has 1 aromatic heterocycles. The first-order chi connectivity index (χ1) is 12.9. The third kappa shape index (κ3) is 4.45. The molecule has 0 aliphatic rings. The lowest BCUT2D eigenvalue weighted by Crippen LogP contribution is -2.36. The normalized spacial score (nSPS) is 10.9. The minimum Gasteiger partial charge on any atom is -0.496 e. The smallest absolute Gasteiger partial charge is 0.228 e. The van der Waals surface area contributed by atoms with Crippen molar-refractivity contribution in [1.82, 2.24) is 10.3 Å². The molecule has 3 aromatic rings. The number of oxazole rings is 1. The molecule has 0 atom stereocenters. The number of ether oxygens (including phenoxy) is 1. The average Bonchev–Trinajstić information content (AvgIpc) is 3.04. The van der Waals surface area contributed by atoms with Crippen molar-refractivity contribution in [1.29, 1.82) is 0 Å². The maximum atomic E-state index is 11.7. The number of nitrogens with one attached hydrogen (secondary N) is 2. The summed E-state index contributed by atoms with van der Waals surface area (Å²) in [5, 5.41) is 5.88. The number of rotatable bonds is 4. The van der Waals surface area contributed by atoms with Crippen molar-refractivity contribution in [2.45, 2.75) is 13.8 Å². The van der Waals surface area contributed by atoms with Crippen molar-refractivity contribution >= 4 is 56.0 Å². The summed E-state index contributed by atoms with van der Waals surface area (Å²) in [6.07, 6.45) is 0. The van der Waals surface area contributed by atoms with Gasteiger partial charge in [0.1, 0.15) is 11.3 Å². The lowest BCUT2D eigenvalue weighted by Gasteiger charge is -2.10. The van der Waals surface area contributed by atoms with Gasteiger partial charge in [-0.25, -0.2) is 4.98 Å². The zero-order chi connectivity index (χ0) is 19.6. The molecule has 0 aliphatic carbocycles. The maximum absolute atomic E-state index is 11.7. The second-order valence-electron chi connectivity index (χ2n) is 6.15. The second kappa shape index (κ2) is 8.06. The molecule has 1 amide bonds. The predicted molar refractivity (Wildman–Crippen MR) is 113 cm³/mol. The zero-order valence-electron chi connectivity index (χ0n) is 15.0. The Morgan fingerprint density at radius 3 is 2.70 bits per heavy atom. The Labute approximate surface area is 170 Å². The lowest BCUT2D eigenvalue weighted by atomic mass is 10.2. The van der Waals surface area contributed by atoms with Crippen molar-refractivity contribution < 1.29 is 13.9 Å². The van der Waals surface area contributed by atoms with E-state index >= 15 is 0 Å². The van der Waals surface area contributed by atoms with Gasteiger partial charge in [-0.05, 0) is 64.5 Å². The van der Waals surface area contributed by atoms with Crippen LogP contribution >= 0.6 is 28.1 Å². The van der Waals surface area contributed by atoms with Crippen molar-refractivity contribution in [2.24, 2.45) is 5.92 Å². The number of methoxy groups -OCH3 is 1. The molecule has 0 spiro atoms. The molecular weight excluding hydrogens is 430 g/mol. The summed E-state index contributed by atoms with van der Waals surface area (Å²) in [6, 6.07) is 11.0. The fourth-order valence-corrected chi connectivity index (χ4v) is 3.11. The summed E-state index contributed by atoms with van der Waals surface area (Å²) in [7, 11) is 1.61. The number of nitrogens with zero attached hydrogens (tertiary/aromatic N) is 1. The molecule has 27 heavy (non-hydrogen) atoms. The Balaban J connectivity index is 1.82. The minimum atomic E-state index is -0.144. The van der Waals surface area contributed by atoms with Crippen LogP contribution in [0, 0.1) is 5.92 Å². The number of fused-ring (bicyclic) bond motifs is 1. The van der Waals surface area contributed by atoms with Gasteiger partial charge >= 0.3 is 0 Å². The van der Waals surface area contributed by atoms with Gasteiger partial charge in [0.15, 0.2) is 10.7 Å². The van der Waals surface area contributed by atoms with Gasteiger partial charge in [0.25, 0.3) is 0 Å². The lowest BCUT2D eigenvalue weighted by molar-refractivity contribution is -0.122. The van der Waals surface area contributed by atoms with Crippen LogP contribution in [0.25, 0.3) is 22.6 Å². The molecule has 0 saturated heterocycles. The molecule has 0 saturated carbocycles. The average molecular weight is 448 g/mol. The Hall–Kier alpha value is -2.45. The van der Waals surface area contributed by atoms with Gasteiger partial charge in [0.05, 0.1) is 11.6 Å². The molecule has 140 valence electrons. The van der Waals surface area contributed by atoms with Crippen molar-refractivity contribution in [2.75, 3.05) is 12.4 Å². The molecule has 3 rings (SSSR count). The highest BCUT2D eigenvalue weighted by molar-refractivity contribution is 9.10. The highest BCUT2D eigenvalue weighted by Gasteiger charge is 2.12. The van der Waals surface area contributed by atoms with Gasteiger partial charge < -0.3 is 19.8 Å². The number of amides is 1. The monoisotopic (exact) mass is 447 g/mol. The molecular formula is C19H18BrN3O3S. The number of carbonyl (C=O) groups excluding carboxylic acids is 1. The Morgan fingerprint density at radius 1 is 1.26 bits per heavy atom. The number of benzene rings is 2. The molecule has 0 unspecified atom stereocenters. The van der Waals surface area contributed by atoms with Crippen LogP contribution in [-0.4, -0.2) is 23.1 Å². The number of halogens is 1. The van der Waals surface area contributed by atoms with Crippen LogP contribution in [-0.2, 0) is 4.79 Å². The summed E-state index contributed by atoms with van der Waals surface area (Å²) in [4.78, 5) is 16.2. The van der Waals surface area contributed by atoms with Gasteiger partial charge in [0.2, 0.25) is 11.8 Å². The molecule has 1 heterocycles. The standard InChI is InChI=1S/C19H18BrN3O3S/c1-10(2)17(24)23-19(27)21-12-5-7-16-14(9-12)22-18(26-16)11-4-6-15(25-3)13(20)8-11/h4-10H,1-3H3,(H2,21,23,24,27). The first-order valence-electron chi connectivity index (χ1n) is 8.23. The van der Waals surface area contributed by atoms with E-state index in [1.807, 2.05) is 30.3 Å².